The van der Waals surface area contributed by atoms with E-state index in [-0.39, 0.29) is 23.7 Å². The highest BCUT2D eigenvalue weighted by Crippen LogP contribution is 2.27. The molecule has 0 spiro atoms. The van der Waals surface area contributed by atoms with Gasteiger partial charge in [0.25, 0.3) is 11.8 Å². The lowest BCUT2D eigenvalue weighted by Crippen LogP contribution is -2.42. The van der Waals surface area contributed by atoms with Gasteiger partial charge in [-0.2, -0.15) is 4.98 Å². The fourth-order valence-corrected chi connectivity index (χ4v) is 4.70. The second-order valence-corrected chi connectivity index (χ2v) is 12.0. The van der Waals surface area contributed by atoms with Gasteiger partial charge in [0.1, 0.15) is 17.5 Å². The molecule has 0 fully saturated rings. The number of rotatable bonds is 9. The third-order valence-electron chi connectivity index (χ3n) is 7.03. The van der Waals surface area contributed by atoms with Crippen LogP contribution in [0.15, 0.2) is 95.5 Å². The van der Waals surface area contributed by atoms with Gasteiger partial charge in [-0.05, 0) is 92.9 Å². The van der Waals surface area contributed by atoms with E-state index in [0.29, 0.717) is 22.4 Å². The molecule has 1 atom stereocenters. The maximum Gasteiger partial charge on any atom is 0.412 e. The molecule has 2 amide bonds. The molecule has 0 bridgehead atoms. The summed E-state index contributed by atoms with van der Waals surface area (Å²) in [6.45, 7) is 7.28. The molecule has 0 saturated heterocycles. The van der Waals surface area contributed by atoms with Crippen molar-refractivity contribution in [3.8, 4) is 34.0 Å². The van der Waals surface area contributed by atoms with Crippen LogP contribution in [0.2, 0.25) is 0 Å². The van der Waals surface area contributed by atoms with Gasteiger partial charge in [-0.25, -0.2) is 14.0 Å². The molecule has 1 heterocycles. The van der Waals surface area contributed by atoms with Crippen molar-refractivity contribution >= 4 is 23.7 Å². The number of anilines is 1. The van der Waals surface area contributed by atoms with Crippen molar-refractivity contribution in [1.29, 1.82) is 0 Å². The Bertz CT molecular complexity index is 1910. The molecular formula is C36H33FN4O6. The molecule has 3 N–H and O–H groups in total. The maximum absolute atomic E-state index is 15.2. The van der Waals surface area contributed by atoms with Crippen LogP contribution in [0, 0.1) is 12.7 Å². The molecule has 5 aromatic rings. The Morgan fingerprint density at radius 1 is 0.915 bits per heavy atom. The van der Waals surface area contributed by atoms with Crippen LogP contribution in [0.3, 0.4) is 0 Å². The van der Waals surface area contributed by atoms with Crippen LogP contribution in [-0.4, -0.2) is 44.9 Å². The first kappa shape index (κ1) is 32.6. The molecule has 0 unspecified atom stereocenters. The molecule has 0 radical (unpaired) electrons. The Morgan fingerprint density at radius 2 is 1.62 bits per heavy atom. The summed E-state index contributed by atoms with van der Waals surface area (Å²) in [6, 6.07) is 24.2. The van der Waals surface area contributed by atoms with Crippen molar-refractivity contribution < 1.29 is 33.1 Å². The number of aromatic nitrogens is 2. The topological polar surface area (TPSA) is 144 Å². The molecule has 11 heteroatoms. The van der Waals surface area contributed by atoms with Crippen LogP contribution in [0.25, 0.3) is 34.0 Å². The summed E-state index contributed by atoms with van der Waals surface area (Å²) < 4.78 is 25.8. The van der Waals surface area contributed by atoms with Crippen LogP contribution < -0.4 is 10.6 Å². The van der Waals surface area contributed by atoms with E-state index in [1.165, 1.54) is 12.1 Å². The number of carboxylic acid groups (broad SMARTS) is 1. The lowest BCUT2D eigenvalue weighted by molar-refractivity contribution is -0.139. The number of carbonyl (C=O) groups is 3. The van der Waals surface area contributed by atoms with Crippen LogP contribution in [-0.2, 0) is 16.0 Å². The van der Waals surface area contributed by atoms with Crippen LogP contribution in [0.1, 0.15) is 42.3 Å². The summed E-state index contributed by atoms with van der Waals surface area (Å²) in [5.41, 5.74) is 3.96. The highest BCUT2D eigenvalue weighted by Gasteiger charge is 2.23. The molecular weight excluding hydrogens is 603 g/mol. The third kappa shape index (κ3) is 8.46. The van der Waals surface area contributed by atoms with Crippen molar-refractivity contribution in [2.75, 3.05) is 5.32 Å². The fourth-order valence-electron chi connectivity index (χ4n) is 4.70. The van der Waals surface area contributed by atoms with Gasteiger partial charge in [0.05, 0.1) is 5.56 Å². The number of carbonyl (C=O) groups excluding carboxylic acids is 2. The van der Waals surface area contributed by atoms with E-state index in [2.05, 4.69) is 20.8 Å². The maximum atomic E-state index is 15.2. The van der Waals surface area contributed by atoms with Crippen molar-refractivity contribution in [3.63, 3.8) is 0 Å². The van der Waals surface area contributed by atoms with E-state index in [1.54, 1.807) is 69.3 Å². The summed E-state index contributed by atoms with van der Waals surface area (Å²) >= 11 is 0. The molecule has 0 saturated carbocycles. The lowest BCUT2D eigenvalue weighted by Gasteiger charge is -2.19. The number of nitrogens with one attached hydrogen (secondary N) is 2. The number of hydrogen-bond acceptors (Lipinski definition) is 7. The molecule has 0 aliphatic rings. The number of hydrogen-bond donors (Lipinski definition) is 3. The van der Waals surface area contributed by atoms with Crippen molar-refractivity contribution in [2.45, 2.75) is 45.8 Å². The number of benzene rings is 4. The Morgan fingerprint density at radius 3 is 2.28 bits per heavy atom. The first-order valence-corrected chi connectivity index (χ1v) is 14.8. The minimum Gasteiger partial charge on any atom is -0.480 e. The third-order valence-corrected chi connectivity index (χ3v) is 7.03. The number of aryl methyl sites for hydroxylation is 1. The number of amides is 2. The number of nitrogens with zero attached hydrogens (tertiary/aromatic N) is 2. The molecule has 47 heavy (non-hydrogen) atoms. The van der Waals surface area contributed by atoms with E-state index in [4.69, 9.17) is 9.26 Å². The summed E-state index contributed by atoms with van der Waals surface area (Å²) in [5, 5.41) is 18.9. The highest BCUT2D eigenvalue weighted by atomic mass is 19.1. The van der Waals surface area contributed by atoms with Gasteiger partial charge in [-0.3, -0.25) is 10.1 Å². The zero-order valence-corrected chi connectivity index (χ0v) is 26.2. The largest absolute Gasteiger partial charge is 0.480 e. The zero-order chi connectivity index (χ0) is 33.7. The summed E-state index contributed by atoms with van der Waals surface area (Å²) in [7, 11) is 0. The predicted molar refractivity (Wildman–Crippen MR) is 174 cm³/mol. The van der Waals surface area contributed by atoms with Crippen molar-refractivity contribution in [3.05, 3.63) is 114 Å². The molecule has 10 nitrogen and oxygen atoms in total. The van der Waals surface area contributed by atoms with E-state index in [0.717, 1.165) is 16.7 Å². The Kier molecular flexibility index (Phi) is 9.46. The second kappa shape index (κ2) is 13.7. The number of ether oxygens (including phenoxy) is 1. The number of halogens is 1. The molecule has 5 rings (SSSR count). The predicted octanol–water partition coefficient (Wildman–Crippen LogP) is 7.29. The summed E-state index contributed by atoms with van der Waals surface area (Å²) in [4.78, 5) is 41.4. The van der Waals surface area contributed by atoms with Gasteiger partial charge < -0.3 is 19.7 Å². The van der Waals surface area contributed by atoms with Gasteiger partial charge in [-0.1, -0.05) is 53.2 Å². The van der Waals surface area contributed by atoms with Gasteiger partial charge in [0.2, 0.25) is 5.82 Å². The van der Waals surface area contributed by atoms with E-state index < -0.39 is 35.4 Å². The van der Waals surface area contributed by atoms with Gasteiger partial charge >= 0.3 is 12.1 Å². The normalized spacial score (nSPS) is 11.9. The first-order chi connectivity index (χ1) is 22.3. The molecule has 4 aromatic carbocycles. The number of carboxylic acids is 1. The average Bonchev–Trinajstić information content (AvgIpc) is 3.50. The fraction of sp³-hybridized carbons (Fsp3) is 0.194. The smallest absolute Gasteiger partial charge is 0.412 e. The lowest BCUT2D eigenvalue weighted by atomic mass is 10.0. The van der Waals surface area contributed by atoms with E-state index in [1.807, 2.05) is 37.3 Å². The SMILES string of the molecule is Cc1ccc(-c2cccc(C(=O)N[C@@H](Cc3ccc(-c4noc(-c5ccc(NC(=O)OC(C)(C)C)cc5)n4)c(F)c3)C(=O)O)c2)cc1. The van der Waals surface area contributed by atoms with E-state index in [9.17, 15) is 19.5 Å². The Hall–Kier alpha value is -5.84. The van der Waals surface area contributed by atoms with Crippen LogP contribution in [0.5, 0.6) is 0 Å². The van der Waals surface area contributed by atoms with Crippen molar-refractivity contribution in [1.82, 2.24) is 15.5 Å². The monoisotopic (exact) mass is 636 g/mol. The Balaban J connectivity index is 1.24. The standard InChI is InChI=1S/C36H33FN4O6/c1-21-8-11-23(12-9-21)25-6-5-7-26(20-25)32(42)39-30(34(43)44)19-22-10-17-28(29(37)18-22)31-40-33(47-41-31)24-13-15-27(16-14-24)38-35(45)46-36(2,3)4/h5-18,20,30H,19H2,1-4H3,(H,38,45)(H,39,42)(H,43,44)/t30-/m0/s1. The van der Waals surface area contributed by atoms with Crippen LogP contribution in [0.4, 0.5) is 14.9 Å². The zero-order valence-electron chi connectivity index (χ0n) is 26.2. The van der Waals surface area contributed by atoms with E-state index >= 15 is 4.39 Å². The first-order valence-electron chi connectivity index (χ1n) is 14.8. The summed E-state index contributed by atoms with van der Waals surface area (Å²) in [5.74, 6) is -2.37. The molecule has 240 valence electrons. The highest BCUT2D eigenvalue weighted by molar-refractivity contribution is 5.97. The van der Waals surface area contributed by atoms with Crippen LogP contribution >= 0.6 is 0 Å². The molecule has 0 aliphatic carbocycles. The van der Waals surface area contributed by atoms with Gasteiger partial charge in [0.15, 0.2) is 0 Å². The molecule has 1 aromatic heterocycles. The quantitative estimate of drug-likeness (QED) is 0.153. The molecule has 0 aliphatic heterocycles. The Labute approximate surface area is 270 Å². The van der Waals surface area contributed by atoms with Gasteiger partial charge in [0, 0.05) is 23.2 Å². The second-order valence-electron chi connectivity index (χ2n) is 12.0. The minimum atomic E-state index is -1.31. The summed E-state index contributed by atoms with van der Waals surface area (Å²) in [6.07, 6.45) is -0.748. The number of aliphatic carboxylic acids is 1. The van der Waals surface area contributed by atoms with Gasteiger partial charge in [-0.15, -0.1) is 0 Å². The van der Waals surface area contributed by atoms with Crippen molar-refractivity contribution in [2.24, 2.45) is 0 Å². The average molecular weight is 637 g/mol. The minimum absolute atomic E-state index is 0.00319.